The molecule has 0 saturated carbocycles. The van der Waals surface area contributed by atoms with Crippen LogP contribution in [0, 0.1) is 6.92 Å². The molecular weight excluding hydrogens is 285 g/mol. The second kappa shape index (κ2) is 6.14. The summed E-state index contributed by atoms with van der Waals surface area (Å²) in [5, 5.41) is 0. The predicted octanol–water partition coefficient (Wildman–Crippen LogP) is 3.68. The van der Waals surface area contributed by atoms with Crippen molar-refractivity contribution < 1.29 is 27.4 Å². The fourth-order valence-electron chi connectivity index (χ4n) is 1.30. The first-order valence-electron chi connectivity index (χ1n) is 5.40. The molecule has 1 unspecified atom stereocenters. The zero-order valence-corrected chi connectivity index (χ0v) is 11.0. The van der Waals surface area contributed by atoms with Gasteiger partial charge in [0.25, 0.3) is 5.63 Å². The van der Waals surface area contributed by atoms with Crippen molar-refractivity contribution in [1.82, 2.24) is 0 Å². The molecule has 0 aromatic heterocycles. The monoisotopic (exact) mass is 296 g/mol. The molecule has 1 aromatic carbocycles. The molecule has 7 heteroatoms. The highest BCUT2D eigenvalue weighted by molar-refractivity contribution is 6.20. The largest absolute Gasteiger partial charge is 0.462 e. The fraction of sp³-hybridized carbons (Fsp3) is 0.417. The van der Waals surface area contributed by atoms with Crippen molar-refractivity contribution >= 4 is 17.6 Å². The Hall–Kier alpha value is -1.43. The van der Waals surface area contributed by atoms with Crippen LogP contribution in [-0.2, 0) is 4.74 Å². The van der Waals surface area contributed by atoms with Gasteiger partial charge in [0.05, 0.1) is 12.2 Å². The molecule has 1 rings (SSSR count). The van der Waals surface area contributed by atoms with E-state index in [0.717, 1.165) is 6.07 Å². The maximum absolute atomic E-state index is 13.0. The average Bonchev–Trinajstić information content (AvgIpc) is 2.31. The van der Waals surface area contributed by atoms with Crippen LogP contribution in [0.4, 0.5) is 13.2 Å². The number of rotatable bonds is 5. The molecule has 0 fully saturated rings. The van der Waals surface area contributed by atoms with Crippen molar-refractivity contribution in [1.29, 1.82) is 0 Å². The lowest BCUT2D eigenvalue weighted by atomic mass is 10.1. The maximum Gasteiger partial charge on any atom is 0.444 e. The molecule has 0 saturated heterocycles. The Bertz CT molecular complexity index is 464. The molecule has 1 atom stereocenters. The molecule has 19 heavy (non-hydrogen) atoms. The third kappa shape index (κ3) is 4.02. The van der Waals surface area contributed by atoms with E-state index >= 15 is 0 Å². The van der Waals surface area contributed by atoms with E-state index in [0.29, 0.717) is 5.56 Å². The van der Waals surface area contributed by atoms with Crippen LogP contribution >= 0.6 is 11.6 Å². The lowest BCUT2D eigenvalue weighted by Gasteiger charge is -2.18. The zero-order chi connectivity index (χ0) is 14.6. The SMILES string of the molecule is CCOC(=O)c1cc(OC(F)(F)C(F)Cl)ccc1C. The van der Waals surface area contributed by atoms with Gasteiger partial charge < -0.3 is 9.47 Å². The Morgan fingerprint density at radius 3 is 2.63 bits per heavy atom. The van der Waals surface area contributed by atoms with Crippen LogP contribution in [0.5, 0.6) is 5.75 Å². The van der Waals surface area contributed by atoms with Gasteiger partial charge in [-0.25, -0.2) is 9.18 Å². The normalized spacial score (nSPS) is 12.9. The zero-order valence-electron chi connectivity index (χ0n) is 10.3. The summed E-state index contributed by atoms with van der Waals surface area (Å²) in [6.45, 7) is 3.37. The van der Waals surface area contributed by atoms with Crippen LogP contribution in [0.2, 0.25) is 0 Å². The van der Waals surface area contributed by atoms with Crippen LogP contribution < -0.4 is 4.74 Å². The summed E-state index contributed by atoms with van der Waals surface area (Å²) in [5.41, 5.74) is -2.39. The van der Waals surface area contributed by atoms with E-state index in [-0.39, 0.29) is 17.9 Å². The number of ether oxygens (including phenoxy) is 2. The molecule has 0 aliphatic rings. The molecule has 0 heterocycles. The van der Waals surface area contributed by atoms with Gasteiger partial charge in [-0.3, -0.25) is 0 Å². The quantitative estimate of drug-likeness (QED) is 0.614. The number of hydrogen-bond acceptors (Lipinski definition) is 3. The van der Waals surface area contributed by atoms with E-state index in [1.54, 1.807) is 13.8 Å². The molecular formula is C12H12ClF3O3. The summed E-state index contributed by atoms with van der Waals surface area (Å²) >= 11 is 4.67. The first kappa shape index (κ1) is 15.6. The number of benzene rings is 1. The Labute approximate surface area is 113 Å². The summed E-state index contributed by atoms with van der Waals surface area (Å²) in [7, 11) is 0. The third-order valence-electron chi connectivity index (χ3n) is 2.21. The number of halogens is 4. The van der Waals surface area contributed by atoms with Gasteiger partial charge in [-0.15, -0.1) is 0 Å². The molecule has 3 nitrogen and oxygen atoms in total. The molecule has 0 bridgehead atoms. The molecule has 0 spiro atoms. The highest BCUT2D eigenvalue weighted by Crippen LogP contribution is 2.29. The number of carbonyl (C=O) groups excluding carboxylic acids is 1. The Kier molecular flexibility index (Phi) is 5.05. The van der Waals surface area contributed by atoms with Crippen molar-refractivity contribution in [3.05, 3.63) is 29.3 Å². The number of carbonyl (C=O) groups is 1. The molecule has 0 N–H and O–H groups in total. The first-order chi connectivity index (χ1) is 8.77. The number of aryl methyl sites for hydroxylation is 1. The number of esters is 1. The first-order valence-corrected chi connectivity index (χ1v) is 5.84. The van der Waals surface area contributed by atoms with E-state index in [1.807, 2.05) is 0 Å². The lowest BCUT2D eigenvalue weighted by Crippen LogP contribution is -2.32. The highest BCUT2D eigenvalue weighted by Gasteiger charge is 2.42. The summed E-state index contributed by atoms with van der Waals surface area (Å²) in [4.78, 5) is 11.6. The maximum atomic E-state index is 13.0. The topological polar surface area (TPSA) is 35.5 Å². The Balaban J connectivity index is 3.00. The van der Waals surface area contributed by atoms with Crippen LogP contribution in [0.25, 0.3) is 0 Å². The van der Waals surface area contributed by atoms with Crippen molar-refractivity contribution in [2.75, 3.05) is 6.61 Å². The second-order valence-corrected chi connectivity index (χ2v) is 4.04. The summed E-state index contributed by atoms with van der Waals surface area (Å²) in [6, 6.07) is 3.63. The van der Waals surface area contributed by atoms with Crippen LogP contribution in [0.1, 0.15) is 22.8 Å². The van der Waals surface area contributed by atoms with E-state index in [1.165, 1.54) is 12.1 Å². The van der Waals surface area contributed by atoms with Gasteiger partial charge in [-0.05, 0) is 31.5 Å². The summed E-state index contributed by atoms with van der Waals surface area (Å²) in [5.74, 6) is -1.04. The van der Waals surface area contributed by atoms with Crippen LogP contribution in [-0.4, -0.2) is 24.3 Å². The van der Waals surface area contributed by atoms with Crippen LogP contribution in [0.15, 0.2) is 18.2 Å². The number of hydrogen-bond donors (Lipinski definition) is 0. The molecule has 0 aliphatic carbocycles. The van der Waals surface area contributed by atoms with Gasteiger partial charge in [0, 0.05) is 0 Å². The minimum Gasteiger partial charge on any atom is -0.462 e. The van der Waals surface area contributed by atoms with Crippen molar-refractivity contribution in [2.45, 2.75) is 25.6 Å². The van der Waals surface area contributed by atoms with Gasteiger partial charge in [-0.2, -0.15) is 8.78 Å². The molecule has 1 aromatic rings. The Morgan fingerprint density at radius 1 is 1.47 bits per heavy atom. The predicted molar refractivity (Wildman–Crippen MR) is 63.5 cm³/mol. The van der Waals surface area contributed by atoms with E-state index in [4.69, 9.17) is 4.74 Å². The average molecular weight is 297 g/mol. The molecule has 106 valence electrons. The highest BCUT2D eigenvalue weighted by atomic mass is 35.5. The van der Waals surface area contributed by atoms with Crippen molar-refractivity contribution in [3.63, 3.8) is 0 Å². The van der Waals surface area contributed by atoms with Gasteiger partial charge in [-0.1, -0.05) is 17.7 Å². The Morgan fingerprint density at radius 2 is 2.11 bits per heavy atom. The standard InChI is InChI=1S/C12H12ClF3O3/c1-3-18-10(17)9-6-8(5-4-7(9)2)19-12(15,16)11(13)14/h4-6,11H,3H2,1-2H3. The van der Waals surface area contributed by atoms with E-state index < -0.39 is 17.7 Å². The van der Waals surface area contributed by atoms with Gasteiger partial charge in [0.2, 0.25) is 0 Å². The third-order valence-corrected chi connectivity index (χ3v) is 2.47. The fourth-order valence-corrected chi connectivity index (χ4v) is 1.34. The van der Waals surface area contributed by atoms with E-state index in [9.17, 15) is 18.0 Å². The van der Waals surface area contributed by atoms with Crippen molar-refractivity contribution in [3.8, 4) is 5.75 Å². The second-order valence-electron chi connectivity index (χ2n) is 3.66. The molecule has 0 radical (unpaired) electrons. The number of alkyl halides is 4. The van der Waals surface area contributed by atoms with Gasteiger partial charge in [0.15, 0.2) is 0 Å². The van der Waals surface area contributed by atoms with E-state index in [2.05, 4.69) is 16.3 Å². The van der Waals surface area contributed by atoms with Crippen LogP contribution in [0.3, 0.4) is 0 Å². The van der Waals surface area contributed by atoms with Gasteiger partial charge in [0.1, 0.15) is 5.75 Å². The lowest BCUT2D eigenvalue weighted by molar-refractivity contribution is -0.199. The molecule has 0 amide bonds. The minimum atomic E-state index is -4.18. The smallest absolute Gasteiger partial charge is 0.444 e. The molecule has 0 aliphatic heterocycles. The minimum absolute atomic E-state index is 0.0696. The summed E-state index contributed by atoms with van der Waals surface area (Å²) in [6.07, 6.45) is -4.18. The summed E-state index contributed by atoms with van der Waals surface area (Å²) < 4.78 is 47.3. The van der Waals surface area contributed by atoms with Gasteiger partial charge >= 0.3 is 12.1 Å². The van der Waals surface area contributed by atoms with Crippen molar-refractivity contribution in [2.24, 2.45) is 0 Å².